The molecule has 2 amide bonds. The number of hydrogen-bond donors (Lipinski definition) is 0. The molecule has 0 aromatic heterocycles. The van der Waals surface area contributed by atoms with Crippen molar-refractivity contribution in [2.45, 2.75) is 38.1 Å². The van der Waals surface area contributed by atoms with Crippen molar-refractivity contribution in [3.8, 4) is 0 Å². The minimum absolute atomic E-state index is 0.108. The normalized spacial score (nSPS) is 26.1. The van der Waals surface area contributed by atoms with Gasteiger partial charge in [0, 0.05) is 26.6 Å². The smallest absolute Gasteiger partial charge is 0.228 e. The molecular formula is C18H24N2O2. The second kappa shape index (κ2) is 6.51. The summed E-state index contributed by atoms with van der Waals surface area (Å²) in [5, 5.41) is 0. The highest BCUT2D eigenvalue weighted by Gasteiger charge is 2.40. The zero-order chi connectivity index (χ0) is 15.5. The Morgan fingerprint density at radius 1 is 1.09 bits per heavy atom. The standard InChI is InChI=1S/C18H24N2O2/c1-19-16(21)11-10-15(17(19)14-8-4-2-5-9-14)18(22)20-12-6-3-7-13-20/h2,4-5,8-9,15,17H,3,6-7,10-13H2,1H3/t15-,17+/m1/s1. The molecule has 4 nitrogen and oxygen atoms in total. The van der Waals surface area contributed by atoms with Crippen molar-refractivity contribution in [2.24, 2.45) is 5.92 Å². The summed E-state index contributed by atoms with van der Waals surface area (Å²) in [4.78, 5) is 28.9. The van der Waals surface area contributed by atoms with Gasteiger partial charge in [-0.3, -0.25) is 9.59 Å². The van der Waals surface area contributed by atoms with Gasteiger partial charge in [0.15, 0.2) is 0 Å². The zero-order valence-corrected chi connectivity index (χ0v) is 13.2. The highest BCUT2D eigenvalue weighted by Crippen LogP contribution is 2.37. The lowest BCUT2D eigenvalue weighted by molar-refractivity contribution is -0.147. The minimum Gasteiger partial charge on any atom is -0.342 e. The molecule has 0 radical (unpaired) electrons. The first-order valence-electron chi connectivity index (χ1n) is 8.28. The molecule has 0 aliphatic carbocycles. The number of nitrogens with zero attached hydrogens (tertiary/aromatic N) is 2. The molecule has 2 atom stereocenters. The predicted octanol–water partition coefficient (Wildman–Crippen LogP) is 2.61. The largest absolute Gasteiger partial charge is 0.342 e. The lowest BCUT2D eigenvalue weighted by Gasteiger charge is -2.41. The Morgan fingerprint density at radius 2 is 1.77 bits per heavy atom. The Labute approximate surface area is 132 Å². The van der Waals surface area contributed by atoms with E-state index in [4.69, 9.17) is 0 Å². The highest BCUT2D eigenvalue weighted by atomic mass is 16.2. The molecule has 0 saturated carbocycles. The molecule has 2 fully saturated rings. The topological polar surface area (TPSA) is 40.6 Å². The summed E-state index contributed by atoms with van der Waals surface area (Å²) in [6.07, 6.45) is 4.56. The molecule has 0 bridgehead atoms. The average Bonchev–Trinajstić information content (AvgIpc) is 2.58. The molecule has 3 rings (SSSR count). The van der Waals surface area contributed by atoms with Gasteiger partial charge in [-0.25, -0.2) is 0 Å². The van der Waals surface area contributed by atoms with E-state index >= 15 is 0 Å². The van der Waals surface area contributed by atoms with Crippen molar-refractivity contribution in [1.82, 2.24) is 9.80 Å². The first-order valence-corrected chi connectivity index (χ1v) is 8.28. The van der Waals surface area contributed by atoms with E-state index in [2.05, 4.69) is 0 Å². The first-order chi connectivity index (χ1) is 10.7. The van der Waals surface area contributed by atoms with E-state index < -0.39 is 0 Å². The number of rotatable bonds is 2. The number of carbonyl (C=O) groups excluding carboxylic acids is 2. The summed E-state index contributed by atoms with van der Waals surface area (Å²) < 4.78 is 0. The van der Waals surface area contributed by atoms with Crippen LogP contribution in [0, 0.1) is 5.92 Å². The van der Waals surface area contributed by atoms with E-state index in [-0.39, 0.29) is 23.8 Å². The van der Waals surface area contributed by atoms with Crippen LogP contribution in [0.4, 0.5) is 0 Å². The van der Waals surface area contributed by atoms with Crippen LogP contribution < -0.4 is 0 Å². The molecule has 0 N–H and O–H groups in total. The maximum absolute atomic E-state index is 13.0. The van der Waals surface area contributed by atoms with Crippen LogP contribution in [0.1, 0.15) is 43.7 Å². The molecule has 2 saturated heterocycles. The minimum atomic E-state index is -0.128. The van der Waals surface area contributed by atoms with Gasteiger partial charge in [0.1, 0.15) is 0 Å². The van der Waals surface area contributed by atoms with Gasteiger partial charge in [0.25, 0.3) is 0 Å². The summed E-state index contributed by atoms with van der Waals surface area (Å²) in [6, 6.07) is 9.84. The second-order valence-corrected chi connectivity index (χ2v) is 6.39. The molecule has 0 spiro atoms. The molecule has 22 heavy (non-hydrogen) atoms. The van der Waals surface area contributed by atoms with Crippen LogP contribution in [0.25, 0.3) is 0 Å². The number of amides is 2. The molecular weight excluding hydrogens is 276 g/mol. The molecule has 0 unspecified atom stereocenters. The zero-order valence-electron chi connectivity index (χ0n) is 13.2. The van der Waals surface area contributed by atoms with Gasteiger partial charge in [-0.1, -0.05) is 30.3 Å². The molecule has 2 aliphatic rings. The fourth-order valence-corrected chi connectivity index (χ4v) is 3.75. The third-order valence-electron chi connectivity index (χ3n) is 4.99. The first kappa shape index (κ1) is 15.1. The van der Waals surface area contributed by atoms with Crippen LogP contribution in [0.15, 0.2) is 30.3 Å². The Kier molecular flexibility index (Phi) is 4.46. The van der Waals surface area contributed by atoms with Crippen molar-refractivity contribution >= 4 is 11.8 Å². The Hall–Kier alpha value is -1.84. The summed E-state index contributed by atoms with van der Waals surface area (Å²) in [7, 11) is 1.83. The van der Waals surface area contributed by atoms with Crippen LogP contribution in [0.5, 0.6) is 0 Å². The average molecular weight is 300 g/mol. The molecule has 118 valence electrons. The van der Waals surface area contributed by atoms with Gasteiger partial charge >= 0.3 is 0 Å². The van der Waals surface area contributed by atoms with Gasteiger partial charge in [0.2, 0.25) is 11.8 Å². The van der Waals surface area contributed by atoms with Crippen molar-refractivity contribution in [3.05, 3.63) is 35.9 Å². The van der Waals surface area contributed by atoms with Gasteiger partial charge in [-0.15, -0.1) is 0 Å². The van der Waals surface area contributed by atoms with E-state index in [0.29, 0.717) is 12.8 Å². The Bertz CT molecular complexity index is 537. The molecule has 4 heteroatoms. The number of benzene rings is 1. The summed E-state index contributed by atoms with van der Waals surface area (Å²) in [5.74, 6) is 0.257. The van der Waals surface area contributed by atoms with Gasteiger partial charge < -0.3 is 9.80 Å². The molecule has 2 heterocycles. The van der Waals surface area contributed by atoms with Gasteiger partial charge in [0.05, 0.1) is 12.0 Å². The molecule has 2 aliphatic heterocycles. The maximum Gasteiger partial charge on any atom is 0.228 e. The summed E-state index contributed by atoms with van der Waals surface area (Å²) in [6.45, 7) is 1.74. The number of carbonyl (C=O) groups is 2. The van der Waals surface area contributed by atoms with E-state index in [1.54, 1.807) is 4.90 Å². The Morgan fingerprint density at radius 3 is 2.45 bits per heavy atom. The third kappa shape index (κ3) is 2.87. The predicted molar refractivity (Wildman–Crippen MR) is 85.1 cm³/mol. The van der Waals surface area contributed by atoms with Crippen LogP contribution in [-0.4, -0.2) is 41.8 Å². The Balaban J connectivity index is 1.86. The lowest BCUT2D eigenvalue weighted by atomic mass is 9.83. The summed E-state index contributed by atoms with van der Waals surface area (Å²) in [5.41, 5.74) is 1.06. The number of hydrogen-bond acceptors (Lipinski definition) is 2. The van der Waals surface area contributed by atoms with Gasteiger partial charge in [-0.2, -0.15) is 0 Å². The highest BCUT2D eigenvalue weighted by molar-refractivity contribution is 5.85. The monoisotopic (exact) mass is 300 g/mol. The SMILES string of the molecule is CN1C(=O)CC[C@@H](C(=O)N2CCCCC2)[C@@H]1c1ccccc1. The number of piperidine rings is 2. The van der Waals surface area contributed by atoms with E-state index in [0.717, 1.165) is 31.5 Å². The van der Waals surface area contributed by atoms with Crippen molar-refractivity contribution in [2.75, 3.05) is 20.1 Å². The van der Waals surface area contributed by atoms with Crippen molar-refractivity contribution in [3.63, 3.8) is 0 Å². The van der Waals surface area contributed by atoms with E-state index in [9.17, 15) is 9.59 Å². The van der Waals surface area contributed by atoms with Crippen molar-refractivity contribution < 1.29 is 9.59 Å². The van der Waals surface area contributed by atoms with Crippen LogP contribution in [0.3, 0.4) is 0 Å². The van der Waals surface area contributed by atoms with Gasteiger partial charge in [-0.05, 0) is 31.2 Å². The number of likely N-dealkylation sites (tertiary alicyclic amines) is 2. The van der Waals surface area contributed by atoms with Crippen LogP contribution in [0.2, 0.25) is 0 Å². The van der Waals surface area contributed by atoms with Crippen LogP contribution in [-0.2, 0) is 9.59 Å². The van der Waals surface area contributed by atoms with E-state index in [1.165, 1.54) is 6.42 Å². The van der Waals surface area contributed by atoms with Crippen LogP contribution >= 0.6 is 0 Å². The lowest BCUT2D eigenvalue weighted by Crippen LogP contribution is -2.48. The maximum atomic E-state index is 13.0. The molecule has 1 aromatic rings. The quantitative estimate of drug-likeness (QED) is 0.842. The molecule has 1 aromatic carbocycles. The fourth-order valence-electron chi connectivity index (χ4n) is 3.75. The second-order valence-electron chi connectivity index (χ2n) is 6.39. The van der Waals surface area contributed by atoms with E-state index in [1.807, 2.05) is 42.3 Å². The fraction of sp³-hybridized carbons (Fsp3) is 0.556. The third-order valence-corrected chi connectivity index (χ3v) is 4.99. The summed E-state index contributed by atoms with van der Waals surface area (Å²) >= 11 is 0. The van der Waals surface area contributed by atoms with Crippen molar-refractivity contribution in [1.29, 1.82) is 0 Å².